The number of amides is 2. The molecule has 0 bridgehead atoms. The van der Waals surface area contributed by atoms with Crippen LogP contribution in [0.15, 0.2) is 22.7 Å². The molecule has 0 saturated heterocycles. The van der Waals surface area contributed by atoms with Crippen LogP contribution < -0.4 is 15.4 Å². The standard InChI is InChI=1S/C12H13BrN2O5/c1-20-7-2-3-9(13)8(4-7)12(19)15-5-10(16)14-6-11(17)18/h2-4H,5-6H2,1H3,(H,14,16)(H,15,19)(H,17,18). The first-order valence-electron chi connectivity index (χ1n) is 5.54. The third-order valence-electron chi connectivity index (χ3n) is 2.26. The van der Waals surface area contributed by atoms with Gasteiger partial charge in [0.1, 0.15) is 12.3 Å². The minimum absolute atomic E-state index is 0.310. The van der Waals surface area contributed by atoms with E-state index < -0.39 is 24.3 Å². The largest absolute Gasteiger partial charge is 0.497 e. The van der Waals surface area contributed by atoms with Gasteiger partial charge in [-0.3, -0.25) is 14.4 Å². The van der Waals surface area contributed by atoms with Gasteiger partial charge in [-0.05, 0) is 34.1 Å². The minimum Gasteiger partial charge on any atom is -0.497 e. The fraction of sp³-hybridized carbons (Fsp3) is 0.250. The third kappa shape index (κ3) is 4.88. The number of rotatable bonds is 6. The van der Waals surface area contributed by atoms with Gasteiger partial charge in [-0.1, -0.05) is 0 Å². The van der Waals surface area contributed by atoms with Crippen LogP contribution in [0, 0.1) is 0 Å². The Bertz CT molecular complexity index is 533. The zero-order chi connectivity index (χ0) is 15.1. The normalized spacial score (nSPS) is 9.70. The molecule has 3 N–H and O–H groups in total. The number of carbonyl (C=O) groups excluding carboxylic acids is 2. The van der Waals surface area contributed by atoms with Crippen molar-refractivity contribution in [1.29, 1.82) is 0 Å². The summed E-state index contributed by atoms with van der Waals surface area (Å²) in [6, 6.07) is 4.85. The molecule has 1 aromatic carbocycles. The molecule has 7 nitrogen and oxygen atoms in total. The maximum atomic E-state index is 11.9. The number of aliphatic carboxylic acids is 1. The lowest BCUT2D eigenvalue weighted by Gasteiger charge is -2.08. The van der Waals surface area contributed by atoms with E-state index in [0.29, 0.717) is 15.8 Å². The van der Waals surface area contributed by atoms with Crippen LogP contribution in [-0.2, 0) is 9.59 Å². The van der Waals surface area contributed by atoms with Gasteiger partial charge in [0.15, 0.2) is 0 Å². The van der Waals surface area contributed by atoms with E-state index in [0.717, 1.165) is 0 Å². The summed E-state index contributed by atoms with van der Waals surface area (Å²) in [5, 5.41) is 12.9. The molecule has 0 aromatic heterocycles. The van der Waals surface area contributed by atoms with Gasteiger partial charge in [-0.2, -0.15) is 0 Å². The topological polar surface area (TPSA) is 105 Å². The second-order valence-electron chi connectivity index (χ2n) is 3.70. The molecular formula is C12H13BrN2O5. The van der Waals surface area contributed by atoms with Crippen molar-refractivity contribution in [2.75, 3.05) is 20.2 Å². The number of hydrogen-bond acceptors (Lipinski definition) is 4. The molecule has 1 aromatic rings. The Morgan fingerprint density at radius 1 is 1.25 bits per heavy atom. The van der Waals surface area contributed by atoms with Gasteiger partial charge in [0, 0.05) is 4.47 Å². The summed E-state index contributed by atoms with van der Waals surface area (Å²) in [6.45, 7) is -0.798. The number of carboxylic acid groups (broad SMARTS) is 1. The van der Waals surface area contributed by atoms with Crippen LogP contribution in [0.25, 0.3) is 0 Å². The van der Waals surface area contributed by atoms with Gasteiger partial charge in [0.2, 0.25) is 5.91 Å². The molecule has 0 heterocycles. The highest BCUT2D eigenvalue weighted by Gasteiger charge is 2.12. The molecule has 2 amide bonds. The van der Waals surface area contributed by atoms with Crippen molar-refractivity contribution in [3.63, 3.8) is 0 Å². The fourth-order valence-corrected chi connectivity index (χ4v) is 1.72. The number of benzene rings is 1. The number of carbonyl (C=O) groups is 3. The van der Waals surface area contributed by atoms with Crippen molar-refractivity contribution in [3.05, 3.63) is 28.2 Å². The maximum Gasteiger partial charge on any atom is 0.322 e. The van der Waals surface area contributed by atoms with Crippen LogP contribution >= 0.6 is 15.9 Å². The summed E-state index contributed by atoms with van der Waals surface area (Å²) in [5.41, 5.74) is 0.315. The molecule has 0 aliphatic heterocycles. The van der Waals surface area contributed by atoms with Gasteiger partial charge in [0.25, 0.3) is 5.91 Å². The van der Waals surface area contributed by atoms with Crippen molar-refractivity contribution < 1.29 is 24.2 Å². The number of hydrogen-bond donors (Lipinski definition) is 3. The van der Waals surface area contributed by atoms with E-state index in [4.69, 9.17) is 9.84 Å². The van der Waals surface area contributed by atoms with Crippen molar-refractivity contribution in [2.45, 2.75) is 0 Å². The molecule has 0 spiro atoms. The first-order chi connectivity index (χ1) is 9.43. The van der Waals surface area contributed by atoms with E-state index in [-0.39, 0.29) is 6.54 Å². The van der Waals surface area contributed by atoms with Crippen LogP contribution in [0.1, 0.15) is 10.4 Å². The molecular weight excluding hydrogens is 332 g/mol. The molecule has 0 aliphatic rings. The summed E-state index contributed by atoms with van der Waals surface area (Å²) in [4.78, 5) is 33.4. The first kappa shape index (κ1) is 16.0. The minimum atomic E-state index is -1.15. The lowest BCUT2D eigenvalue weighted by atomic mass is 10.2. The van der Waals surface area contributed by atoms with E-state index in [9.17, 15) is 14.4 Å². The lowest BCUT2D eigenvalue weighted by Crippen LogP contribution is -2.39. The maximum absolute atomic E-state index is 11.9. The molecule has 0 unspecified atom stereocenters. The molecule has 0 fully saturated rings. The quantitative estimate of drug-likeness (QED) is 0.692. The molecule has 1 rings (SSSR count). The summed E-state index contributed by atoms with van der Waals surface area (Å²) < 4.78 is 5.56. The van der Waals surface area contributed by atoms with Gasteiger partial charge >= 0.3 is 5.97 Å². The summed E-state index contributed by atoms with van der Waals surface area (Å²) in [5.74, 6) is -1.70. The van der Waals surface area contributed by atoms with E-state index in [2.05, 4.69) is 26.6 Å². The zero-order valence-corrected chi connectivity index (χ0v) is 12.2. The highest BCUT2D eigenvalue weighted by atomic mass is 79.9. The van der Waals surface area contributed by atoms with Crippen molar-refractivity contribution >= 4 is 33.7 Å². The Kier molecular flexibility index (Phi) is 5.98. The van der Waals surface area contributed by atoms with Crippen molar-refractivity contribution in [2.24, 2.45) is 0 Å². The summed E-state index contributed by atoms with van der Waals surface area (Å²) in [7, 11) is 1.48. The number of halogens is 1. The monoisotopic (exact) mass is 344 g/mol. The smallest absolute Gasteiger partial charge is 0.322 e. The summed E-state index contributed by atoms with van der Waals surface area (Å²) >= 11 is 3.22. The van der Waals surface area contributed by atoms with Crippen LogP contribution in [0.4, 0.5) is 0 Å². The highest BCUT2D eigenvalue weighted by molar-refractivity contribution is 9.10. The van der Waals surface area contributed by atoms with Crippen LogP contribution in [0.3, 0.4) is 0 Å². The zero-order valence-electron chi connectivity index (χ0n) is 10.6. The lowest BCUT2D eigenvalue weighted by molar-refractivity contribution is -0.137. The van der Waals surface area contributed by atoms with Gasteiger partial charge in [-0.25, -0.2) is 0 Å². The van der Waals surface area contributed by atoms with Crippen molar-refractivity contribution in [3.8, 4) is 5.75 Å². The van der Waals surface area contributed by atoms with E-state index in [1.165, 1.54) is 13.2 Å². The average molecular weight is 345 g/mol. The Hall–Kier alpha value is -2.09. The van der Waals surface area contributed by atoms with E-state index in [1.807, 2.05) is 0 Å². The second-order valence-corrected chi connectivity index (χ2v) is 4.55. The Morgan fingerprint density at radius 3 is 2.55 bits per heavy atom. The van der Waals surface area contributed by atoms with Crippen molar-refractivity contribution in [1.82, 2.24) is 10.6 Å². The molecule has 20 heavy (non-hydrogen) atoms. The predicted molar refractivity (Wildman–Crippen MR) is 73.7 cm³/mol. The average Bonchev–Trinajstić information content (AvgIpc) is 2.43. The van der Waals surface area contributed by atoms with Gasteiger partial charge in [0.05, 0.1) is 19.2 Å². The number of ether oxygens (including phenoxy) is 1. The van der Waals surface area contributed by atoms with E-state index >= 15 is 0 Å². The molecule has 108 valence electrons. The van der Waals surface area contributed by atoms with Crippen LogP contribution in [0.2, 0.25) is 0 Å². The van der Waals surface area contributed by atoms with Gasteiger partial charge in [-0.15, -0.1) is 0 Å². The Balaban J connectivity index is 2.58. The second kappa shape index (κ2) is 7.49. The Morgan fingerprint density at radius 2 is 1.95 bits per heavy atom. The molecule has 8 heteroatoms. The first-order valence-corrected chi connectivity index (χ1v) is 6.33. The third-order valence-corrected chi connectivity index (χ3v) is 2.96. The summed E-state index contributed by atoms with van der Waals surface area (Å²) in [6.07, 6.45) is 0. The number of methoxy groups -OCH3 is 1. The van der Waals surface area contributed by atoms with Gasteiger partial charge < -0.3 is 20.5 Å². The van der Waals surface area contributed by atoms with Crippen LogP contribution in [-0.4, -0.2) is 43.1 Å². The molecule has 0 aliphatic carbocycles. The van der Waals surface area contributed by atoms with Crippen LogP contribution in [0.5, 0.6) is 5.75 Å². The highest BCUT2D eigenvalue weighted by Crippen LogP contribution is 2.22. The Labute approximate surface area is 123 Å². The number of carboxylic acids is 1. The molecule has 0 atom stereocenters. The molecule has 0 radical (unpaired) electrons. The number of nitrogens with one attached hydrogen (secondary N) is 2. The SMILES string of the molecule is COc1ccc(Br)c(C(=O)NCC(=O)NCC(=O)O)c1. The van der Waals surface area contributed by atoms with E-state index in [1.54, 1.807) is 12.1 Å². The predicted octanol–water partition coefficient (Wildman–Crippen LogP) is 0.388. The fourth-order valence-electron chi connectivity index (χ4n) is 1.30. The molecule has 0 saturated carbocycles.